The second-order valence-corrected chi connectivity index (χ2v) is 6.19. The topological polar surface area (TPSA) is 15.3 Å². The van der Waals surface area contributed by atoms with Crippen molar-refractivity contribution in [1.82, 2.24) is 10.2 Å². The fraction of sp³-hybridized carbons (Fsp3) is 0.600. The third-order valence-corrected chi connectivity index (χ3v) is 4.46. The van der Waals surface area contributed by atoms with E-state index in [0.29, 0.717) is 12.0 Å². The Labute approximate surface area is 126 Å². The second-order valence-electron chi connectivity index (χ2n) is 5.34. The van der Waals surface area contributed by atoms with E-state index in [1.165, 1.54) is 12.8 Å². The van der Waals surface area contributed by atoms with E-state index in [4.69, 9.17) is 23.2 Å². The Bertz CT molecular complexity index is 423. The zero-order valence-corrected chi connectivity index (χ0v) is 13.1. The smallest absolute Gasteiger partial charge is 0.0455 e. The first-order chi connectivity index (χ1) is 9.13. The normalized spacial score (nSPS) is 24.0. The molecule has 1 N–H and O–H groups in total. The van der Waals surface area contributed by atoms with Crippen LogP contribution in [0.15, 0.2) is 18.2 Å². The fourth-order valence-corrected chi connectivity index (χ4v) is 3.35. The highest BCUT2D eigenvalue weighted by Crippen LogP contribution is 2.39. The molecule has 2 rings (SSSR count). The lowest BCUT2D eigenvalue weighted by Crippen LogP contribution is -2.29. The SMILES string of the molecule is CCCNCC1CCN(C)C1c1cc(Cl)ccc1Cl. The molecule has 0 aromatic heterocycles. The number of benzene rings is 1. The lowest BCUT2D eigenvalue weighted by Gasteiger charge is -2.27. The molecule has 1 aliphatic rings. The van der Waals surface area contributed by atoms with Gasteiger partial charge in [0, 0.05) is 16.1 Å². The maximum atomic E-state index is 6.36. The van der Waals surface area contributed by atoms with Gasteiger partial charge in [-0.3, -0.25) is 4.90 Å². The van der Waals surface area contributed by atoms with Gasteiger partial charge in [-0.15, -0.1) is 0 Å². The quantitative estimate of drug-likeness (QED) is 0.827. The Morgan fingerprint density at radius 1 is 1.37 bits per heavy atom. The monoisotopic (exact) mass is 300 g/mol. The molecule has 4 heteroatoms. The van der Waals surface area contributed by atoms with Crippen molar-refractivity contribution >= 4 is 23.2 Å². The summed E-state index contributed by atoms with van der Waals surface area (Å²) in [5, 5.41) is 5.12. The standard InChI is InChI=1S/C15H22Cl2N2/c1-3-7-18-10-11-6-8-19(2)15(11)13-9-12(16)4-5-14(13)17/h4-5,9,11,15,18H,3,6-8,10H2,1-2H3. The average molecular weight is 301 g/mol. The van der Waals surface area contributed by atoms with Crippen LogP contribution in [0, 0.1) is 5.92 Å². The predicted octanol–water partition coefficient (Wildman–Crippen LogP) is 3.99. The molecule has 0 aliphatic carbocycles. The van der Waals surface area contributed by atoms with Crippen LogP contribution in [0.4, 0.5) is 0 Å². The van der Waals surface area contributed by atoms with Crippen molar-refractivity contribution in [2.24, 2.45) is 5.92 Å². The number of hydrogen-bond acceptors (Lipinski definition) is 2. The molecule has 1 fully saturated rings. The largest absolute Gasteiger partial charge is 0.316 e. The Morgan fingerprint density at radius 2 is 2.16 bits per heavy atom. The molecule has 1 aromatic rings. The highest BCUT2D eigenvalue weighted by Gasteiger charge is 2.33. The summed E-state index contributed by atoms with van der Waals surface area (Å²) in [6.45, 7) is 5.44. The van der Waals surface area contributed by atoms with Gasteiger partial charge in [-0.25, -0.2) is 0 Å². The molecule has 2 nitrogen and oxygen atoms in total. The first-order valence-electron chi connectivity index (χ1n) is 6.99. The molecule has 1 aromatic carbocycles. The van der Waals surface area contributed by atoms with Crippen LogP contribution in [-0.4, -0.2) is 31.6 Å². The molecule has 0 bridgehead atoms. The van der Waals surface area contributed by atoms with Crippen molar-refractivity contribution in [3.63, 3.8) is 0 Å². The number of halogens is 2. The molecule has 106 valence electrons. The lowest BCUT2D eigenvalue weighted by atomic mass is 9.93. The van der Waals surface area contributed by atoms with E-state index in [0.717, 1.165) is 35.2 Å². The molecule has 0 saturated carbocycles. The summed E-state index contributed by atoms with van der Waals surface area (Å²) in [5.41, 5.74) is 1.16. The van der Waals surface area contributed by atoms with E-state index < -0.39 is 0 Å². The van der Waals surface area contributed by atoms with Crippen LogP contribution in [0.2, 0.25) is 10.0 Å². The van der Waals surface area contributed by atoms with E-state index >= 15 is 0 Å². The molecular formula is C15H22Cl2N2. The highest BCUT2D eigenvalue weighted by molar-refractivity contribution is 6.33. The van der Waals surface area contributed by atoms with Gasteiger partial charge in [0.15, 0.2) is 0 Å². The van der Waals surface area contributed by atoms with Gasteiger partial charge in [-0.2, -0.15) is 0 Å². The Hall–Kier alpha value is -0.280. The lowest BCUT2D eigenvalue weighted by molar-refractivity contribution is 0.272. The summed E-state index contributed by atoms with van der Waals surface area (Å²) in [6, 6.07) is 6.15. The number of likely N-dealkylation sites (tertiary alicyclic amines) is 1. The van der Waals surface area contributed by atoms with Gasteiger partial charge in [-0.05, 0) is 69.2 Å². The van der Waals surface area contributed by atoms with Crippen molar-refractivity contribution in [2.75, 3.05) is 26.7 Å². The fourth-order valence-electron chi connectivity index (χ4n) is 2.94. The molecule has 0 radical (unpaired) electrons. The van der Waals surface area contributed by atoms with Crippen LogP contribution in [0.1, 0.15) is 31.4 Å². The van der Waals surface area contributed by atoms with Crippen LogP contribution in [-0.2, 0) is 0 Å². The Morgan fingerprint density at radius 3 is 2.89 bits per heavy atom. The van der Waals surface area contributed by atoms with Crippen LogP contribution in [0.3, 0.4) is 0 Å². The summed E-state index contributed by atoms with van der Waals surface area (Å²) in [7, 11) is 2.17. The molecule has 0 amide bonds. The van der Waals surface area contributed by atoms with E-state index in [1.54, 1.807) is 0 Å². The third-order valence-electron chi connectivity index (χ3n) is 3.88. The van der Waals surface area contributed by atoms with Gasteiger partial charge in [0.2, 0.25) is 0 Å². The molecule has 1 saturated heterocycles. The van der Waals surface area contributed by atoms with Gasteiger partial charge in [-0.1, -0.05) is 30.1 Å². The van der Waals surface area contributed by atoms with Crippen molar-refractivity contribution < 1.29 is 0 Å². The summed E-state index contributed by atoms with van der Waals surface area (Å²) < 4.78 is 0. The van der Waals surface area contributed by atoms with Crippen LogP contribution in [0.5, 0.6) is 0 Å². The van der Waals surface area contributed by atoms with E-state index in [1.807, 2.05) is 18.2 Å². The van der Waals surface area contributed by atoms with Gasteiger partial charge >= 0.3 is 0 Å². The molecular weight excluding hydrogens is 279 g/mol. The maximum absolute atomic E-state index is 6.36. The highest BCUT2D eigenvalue weighted by atomic mass is 35.5. The zero-order chi connectivity index (χ0) is 13.8. The first kappa shape index (κ1) is 15.1. The molecule has 19 heavy (non-hydrogen) atoms. The summed E-state index contributed by atoms with van der Waals surface area (Å²) >= 11 is 12.5. The minimum Gasteiger partial charge on any atom is -0.316 e. The minimum atomic E-state index is 0.371. The van der Waals surface area contributed by atoms with E-state index in [-0.39, 0.29) is 0 Å². The number of rotatable bonds is 5. The number of nitrogens with one attached hydrogen (secondary N) is 1. The van der Waals surface area contributed by atoms with Gasteiger partial charge in [0.05, 0.1) is 0 Å². The Kier molecular flexibility index (Phi) is 5.52. The Balaban J connectivity index is 2.16. The molecule has 0 spiro atoms. The van der Waals surface area contributed by atoms with Crippen LogP contribution < -0.4 is 5.32 Å². The van der Waals surface area contributed by atoms with Crippen molar-refractivity contribution in [3.05, 3.63) is 33.8 Å². The summed E-state index contributed by atoms with van der Waals surface area (Å²) in [4.78, 5) is 2.38. The number of nitrogens with zero attached hydrogens (tertiary/aromatic N) is 1. The molecule has 2 unspecified atom stereocenters. The minimum absolute atomic E-state index is 0.371. The second kappa shape index (κ2) is 6.94. The predicted molar refractivity (Wildman–Crippen MR) is 83.1 cm³/mol. The van der Waals surface area contributed by atoms with Crippen molar-refractivity contribution in [1.29, 1.82) is 0 Å². The summed E-state index contributed by atoms with van der Waals surface area (Å²) in [6.07, 6.45) is 2.38. The van der Waals surface area contributed by atoms with Gasteiger partial charge in [0.25, 0.3) is 0 Å². The van der Waals surface area contributed by atoms with E-state index in [9.17, 15) is 0 Å². The van der Waals surface area contributed by atoms with Crippen LogP contribution >= 0.6 is 23.2 Å². The zero-order valence-electron chi connectivity index (χ0n) is 11.6. The van der Waals surface area contributed by atoms with Crippen LogP contribution in [0.25, 0.3) is 0 Å². The van der Waals surface area contributed by atoms with Crippen molar-refractivity contribution in [2.45, 2.75) is 25.8 Å². The molecule has 1 aliphatic heterocycles. The molecule has 1 heterocycles. The van der Waals surface area contributed by atoms with Gasteiger partial charge < -0.3 is 5.32 Å². The third kappa shape index (κ3) is 3.63. The van der Waals surface area contributed by atoms with Crippen molar-refractivity contribution in [3.8, 4) is 0 Å². The average Bonchev–Trinajstić information content (AvgIpc) is 2.74. The van der Waals surface area contributed by atoms with E-state index in [2.05, 4.69) is 24.2 Å². The van der Waals surface area contributed by atoms with Gasteiger partial charge in [0.1, 0.15) is 0 Å². The first-order valence-corrected chi connectivity index (χ1v) is 7.75. The summed E-state index contributed by atoms with van der Waals surface area (Å²) in [5.74, 6) is 0.604. The number of hydrogen-bond donors (Lipinski definition) is 1. The molecule has 2 atom stereocenters. The maximum Gasteiger partial charge on any atom is 0.0455 e.